The number of hydrogen-bond donors (Lipinski definition) is 3. The Labute approximate surface area is 136 Å². The normalized spacial score (nSPS) is 13.6. The van der Waals surface area contributed by atoms with Gasteiger partial charge in [-0.05, 0) is 36.6 Å². The summed E-state index contributed by atoms with van der Waals surface area (Å²) in [5.41, 5.74) is 0.998. The lowest BCUT2D eigenvalue weighted by atomic mass is 9.93. The fourth-order valence-corrected chi connectivity index (χ4v) is 1.94. The van der Waals surface area contributed by atoms with Crippen molar-refractivity contribution in [3.05, 3.63) is 48.3 Å². The Morgan fingerprint density at radius 3 is 2.78 bits per heavy atom. The highest BCUT2D eigenvalue weighted by molar-refractivity contribution is 5.73. The molecule has 6 nitrogen and oxygen atoms in total. The Bertz CT molecular complexity index is 636. The number of nitrogens with one attached hydrogen (secondary N) is 2. The van der Waals surface area contributed by atoms with E-state index < -0.39 is 5.60 Å². The Morgan fingerprint density at radius 1 is 1.35 bits per heavy atom. The smallest absolute Gasteiger partial charge is 0.315 e. The summed E-state index contributed by atoms with van der Waals surface area (Å²) in [6, 6.07) is 9.36. The molecule has 0 aliphatic carbocycles. The van der Waals surface area contributed by atoms with Crippen molar-refractivity contribution >= 4 is 6.03 Å². The topological polar surface area (TPSA) is 79.2 Å². The summed E-state index contributed by atoms with van der Waals surface area (Å²) in [6.45, 7) is 6.17. The number of amides is 2. The van der Waals surface area contributed by atoms with Crippen molar-refractivity contribution in [3.8, 4) is 5.69 Å². The van der Waals surface area contributed by atoms with E-state index in [0.29, 0.717) is 6.54 Å². The fourth-order valence-electron chi connectivity index (χ4n) is 1.94. The van der Waals surface area contributed by atoms with Gasteiger partial charge in [0.05, 0.1) is 11.3 Å². The van der Waals surface area contributed by atoms with E-state index in [2.05, 4.69) is 15.7 Å². The first-order chi connectivity index (χ1) is 10.9. The van der Waals surface area contributed by atoms with Crippen LogP contribution in [0.3, 0.4) is 0 Å². The van der Waals surface area contributed by atoms with Gasteiger partial charge in [-0.15, -0.1) is 0 Å². The van der Waals surface area contributed by atoms with Gasteiger partial charge in [0, 0.05) is 25.5 Å². The van der Waals surface area contributed by atoms with Crippen molar-refractivity contribution in [2.45, 2.75) is 32.9 Å². The van der Waals surface area contributed by atoms with E-state index in [1.54, 1.807) is 17.8 Å². The Balaban J connectivity index is 1.86. The number of carbonyl (C=O) groups is 1. The highest BCUT2D eigenvalue weighted by atomic mass is 16.3. The predicted molar refractivity (Wildman–Crippen MR) is 89.3 cm³/mol. The maximum absolute atomic E-state index is 11.8. The van der Waals surface area contributed by atoms with E-state index in [-0.39, 0.29) is 18.5 Å². The number of hydrogen-bond acceptors (Lipinski definition) is 3. The molecule has 23 heavy (non-hydrogen) atoms. The van der Waals surface area contributed by atoms with Crippen LogP contribution < -0.4 is 10.6 Å². The number of aromatic nitrogens is 2. The van der Waals surface area contributed by atoms with Gasteiger partial charge >= 0.3 is 6.03 Å². The number of aliphatic hydroxyl groups is 1. The molecule has 2 amide bonds. The van der Waals surface area contributed by atoms with Gasteiger partial charge in [0.25, 0.3) is 0 Å². The maximum Gasteiger partial charge on any atom is 0.315 e. The summed E-state index contributed by atoms with van der Waals surface area (Å²) in [5, 5.41) is 19.8. The monoisotopic (exact) mass is 316 g/mol. The molecule has 0 aliphatic heterocycles. The first-order valence-corrected chi connectivity index (χ1v) is 7.71. The maximum atomic E-state index is 11.8. The Morgan fingerprint density at radius 2 is 2.13 bits per heavy atom. The van der Waals surface area contributed by atoms with Crippen LogP contribution in [0.4, 0.5) is 4.79 Å². The third kappa shape index (κ3) is 4.82. The summed E-state index contributed by atoms with van der Waals surface area (Å²) in [4.78, 5) is 11.8. The summed E-state index contributed by atoms with van der Waals surface area (Å²) in [6.07, 6.45) is 3.59. The summed E-state index contributed by atoms with van der Waals surface area (Å²) in [5.74, 6) is 0.0635. The van der Waals surface area contributed by atoms with Crippen molar-refractivity contribution in [1.82, 2.24) is 20.4 Å². The second-order valence-corrected chi connectivity index (χ2v) is 6.17. The molecule has 1 heterocycles. The van der Waals surface area contributed by atoms with E-state index in [1.165, 1.54) is 0 Å². The summed E-state index contributed by atoms with van der Waals surface area (Å²) in [7, 11) is 0. The standard InChI is InChI=1S/C17H24N4O2/c1-13(2)17(3,23)12-19-16(22)18-11-14-6-4-7-15(10-14)21-9-5-8-20-21/h4-10,13,23H,11-12H2,1-3H3,(H2,18,19,22). The highest BCUT2D eigenvalue weighted by Crippen LogP contribution is 2.14. The van der Waals surface area contributed by atoms with Gasteiger partial charge in [-0.2, -0.15) is 5.10 Å². The molecule has 1 aromatic heterocycles. The molecule has 0 aliphatic rings. The van der Waals surface area contributed by atoms with Crippen LogP contribution in [-0.2, 0) is 6.54 Å². The van der Waals surface area contributed by atoms with Crippen LogP contribution in [0.5, 0.6) is 0 Å². The lowest BCUT2D eigenvalue weighted by molar-refractivity contribution is 0.0166. The third-order valence-electron chi connectivity index (χ3n) is 3.98. The molecule has 0 spiro atoms. The van der Waals surface area contributed by atoms with Crippen molar-refractivity contribution in [1.29, 1.82) is 0 Å². The lowest BCUT2D eigenvalue weighted by Gasteiger charge is -2.27. The van der Waals surface area contributed by atoms with Crippen LogP contribution in [-0.4, -0.2) is 33.1 Å². The molecule has 0 saturated heterocycles. The lowest BCUT2D eigenvalue weighted by Crippen LogP contribution is -2.47. The van der Waals surface area contributed by atoms with E-state index in [1.807, 2.05) is 50.4 Å². The van der Waals surface area contributed by atoms with E-state index >= 15 is 0 Å². The first-order valence-electron chi connectivity index (χ1n) is 7.71. The minimum atomic E-state index is -0.919. The molecule has 124 valence electrons. The summed E-state index contributed by atoms with van der Waals surface area (Å²) < 4.78 is 1.77. The fraction of sp³-hybridized carbons (Fsp3) is 0.412. The zero-order valence-corrected chi connectivity index (χ0v) is 13.8. The van der Waals surface area contributed by atoms with Crippen molar-refractivity contribution < 1.29 is 9.90 Å². The second kappa shape index (κ2) is 7.28. The van der Waals surface area contributed by atoms with Crippen LogP contribution >= 0.6 is 0 Å². The largest absolute Gasteiger partial charge is 0.388 e. The average Bonchev–Trinajstić information content (AvgIpc) is 3.05. The average molecular weight is 316 g/mol. The zero-order valence-electron chi connectivity index (χ0n) is 13.8. The van der Waals surface area contributed by atoms with Crippen LogP contribution in [0.2, 0.25) is 0 Å². The molecule has 0 radical (unpaired) electrons. The zero-order chi connectivity index (χ0) is 16.9. The molecule has 0 fully saturated rings. The molecule has 1 atom stereocenters. The van der Waals surface area contributed by atoms with Gasteiger partial charge < -0.3 is 15.7 Å². The SMILES string of the molecule is CC(C)C(C)(O)CNC(=O)NCc1cccc(-n2cccn2)c1. The van der Waals surface area contributed by atoms with Gasteiger partial charge in [0.2, 0.25) is 0 Å². The first kappa shape index (κ1) is 17.0. The van der Waals surface area contributed by atoms with Gasteiger partial charge in [-0.25, -0.2) is 9.48 Å². The molecule has 3 N–H and O–H groups in total. The number of benzene rings is 1. The Hall–Kier alpha value is -2.34. The molecule has 2 aromatic rings. The molecule has 1 unspecified atom stereocenters. The van der Waals surface area contributed by atoms with Gasteiger partial charge in [-0.1, -0.05) is 26.0 Å². The molecular weight excluding hydrogens is 292 g/mol. The van der Waals surface area contributed by atoms with Crippen LogP contribution in [0, 0.1) is 5.92 Å². The van der Waals surface area contributed by atoms with Gasteiger partial charge in [-0.3, -0.25) is 0 Å². The quantitative estimate of drug-likeness (QED) is 0.763. The number of rotatable bonds is 6. The second-order valence-electron chi connectivity index (χ2n) is 6.17. The molecule has 0 saturated carbocycles. The Kier molecular flexibility index (Phi) is 5.39. The molecule has 1 aromatic carbocycles. The van der Waals surface area contributed by atoms with E-state index in [9.17, 15) is 9.90 Å². The van der Waals surface area contributed by atoms with Crippen LogP contribution in [0.25, 0.3) is 5.69 Å². The molecule has 6 heteroatoms. The van der Waals surface area contributed by atoms with Gasteiger partial charge in [0.15, 0.2) is 0 Å². The number of carbonyl (C=O) groups excluding carboxylic acids is 1. The van der Waals surface area contributed by atoms with Crippen molar-refractivity contribution in [2.75, 3.05) is 6.54 Å². The molecular formula is C17H24N4O2. The van der Waals surface area contributed by atoms with Crippen LogP contribution in [0.15, 0.2) is 42.7 Å². The molecule has 2 rings (SSSR count). The highest BCUT2D eigenvalue weighted by Gasteiger charge is 2.25. The van der Waals surface area contributed by atoms with Crippen molar-refractivity contribution in [3.63, 3.8) is 0 Å². The van der Waals surface area contributed by atoms with Crippen LogP contribution in [0.1, 0.15) is 26.3 Å². The minimum absolute atomic E-state index is 0.0635. The van der Waals surface area contributed by atoms with Gasteiger partial charge in [0.1, 0.15) is 0 Å². The van der Waals surface area contributed by atoms with E-state index in [0.717, 1.165) is 11.3 Å². The van der Waals surface area contributed by atoms with E-state index in [4.69, 9.17) is 0 Å². The van der Waals surface area contributed by atoms with Crippen molar-refractivity contribution in [2.24, 2.45) is 5.92 Å². The number of nitrogens with zero attached hydrogens (tertiary/aromatic N) is 2. The number of urea groups is 1. The summed E-state index contributed by atoms with van der Waals surface area (Å²) >= 11 is 0. The molecule has 0 bridgehead atoms. The predicted octanol–water partition coefficient (Wildman–Crippen LogP) is 2.08. The minimum Gasteiger partial charge on any atom is -0.388 e. The third-order valence-corrected chi connectivity index (χ3v) is 3.98.